The highest BCUT2D eigenvalue weighted by atomic mass is 32.2. The third-order valence-corrected chi connectivity index (χ3v) is 5.35. The zero-order chi connectivity index (χ0) is 15.4. The maximum Gasteiger partial charge on any atom is 0.234 e. The maximum atomic E-state index is 12.4. The fraction of sp³-hybridized carbons (Fsp3) is 0.316. The summed E-state index contributed by atoms with van der Waals surface area (Å²) < 4.78 is 0. The van der Waals surface area contributed by atoms with Crippen LogP contribution in [0.25, 0.3) is 0 Å². The molecule has 3 rings (SSSR count). The molecule has 1 aliphatic rings. The van der Waals surface area contributed by atoms with E-state index in [-0.39, 0.29) is 17.2 Å². The fourth-order valence-corrected chi connectivity index (χ4v) is 3.97. The van der Waals surface area contributed by atoms with E-state index >= 15 is 0 Å². The summed E-state index contributed by atoms with van der Waals surface area (Å²) in [5.74, 6) is 0.168. The van der Waals surface area contributed by atoms with Crippen LogP contribution in [-0.4, -0.2) is 17.2 Å². The minimum atomic E-state index is 0.0246. The van der Waals surface area contributed by atoms with Gasteiger partial charge < -0.3 is 5.32 Å². The van der Waals surface area contributed by atoms with Crippen molar-refractivity contribution in [3.05, 3.63) is 65.7 Å². The zero-order valence-corrected chi connectivity index (χ0v) is 13.6. The average Bonchev–Trinajstić information content (AvgIpc) is 2.98. The highest BCUT2D eigenvalue weighted by molar-refractivity contribution is 8.01. The van der Waals surface area contributed by atoms with E-state index in [0.717, 1.165) is 19.3 Å². The number of carbonyl (C=O) groups is 1. The largest absolute Gasteiger partial charge is 0.353 e. The third kappa shape index (κ3) is 3.72. The van der Waals surface area contributed by atoms with Crippen molar-refractivity contribution in [1.82, 2.24) is 5.32 Å². The van der Waals surface area contributed by atoms with Crippen LogP contribution in [0, 0.1) is 0 Å². The average molecular weight is 311 g/mol. The molecular formula is C19H21NOS. The summed E-state index contributed by atoms with van der Waals surface area (Å²) in [6, 6.07) is 18.9. The van der Waals surface area contributed by atoms with Crippen LogP contribution >= 0.6 is 11.8 Å². The van der Waals surface area contributed by atoms with Gasteiger partial charge in [-0.3, -0.25) is 4.79 Å². The van der Waals surface area contributed by atoms with Crippen LogP contribution in [0.5, 0.6) is 0 Å². The van der Waals surface area contributed by atoms with Gasteiger partial charge in [0, 0.05) is 10.9 Å². The Balaban J connectivity index is 1.48. The van der Waals surface area contributed by atoms with E-state index in [4.69, 9.17) is 0 Å². The molecule has 2 aromatic carbocycles. The Kier molecular flexibility index (Phi) is 4.84. The van der Waals surface area contributed by atoms with E-state index in [9.17, 15) is 4.79 Å². The summed E-state index contributed by atoms with van der Waals surface area (Å²) in [4.78, 5) is 13.7. The molecule has 1 aliphatic heterocycles. The second kappa shape index (κ2) is 7.01. The van der Waals surface area contributed by atoms with Gasteiger partial charge in [0.15, 0.2) is 0 Å². The molecule has 1 N–H and O–H groups in total. The summed E-state index contributed by atoms with van der Waals surface area (Å²) in [6.45, 7) is 2.09. The van der Waals surface area contributed by atoms with Gasteiger partial charge in [0.25, 0.3) is 0 Å². The number of rotatable bonds is 5. The van der Waals surface area contributed by atoms with Crippen LogP contribution in [0.2, 0.25) is 0 Å². The topological polar surface area (TPSA) is 29.1 Å². The Morgan fingerprint density at radius 1 is 1.18 bits per heavy atom. The van der Waals surface area contributed by atoms with Gasteiger partial charge in [0.05, 0.1) is 5.25 Å². The Morgan fingerprint density at radius 2 is 1.91 bits per heavy atom. The van der Waals surface area contributed by atoms with Crippen molar-refractivity contribution in [2.45, 2.75) is 42.4 Å². The quantitative estimate of drug-likeness (QED) is 0.909. The summed E-state index contributed by atoms with van der Waals surface area (Å²) in [5, 5.41) is 3.19. The third-order valence-electron chi connectivity index (χ3n) is 4.04. The number of fused-ring (bicyclic) bond motifs is 1. The van der Waals surface area contributed by atoms with E-state index in [1.807, 2.05) is 18.2 Å². The number of hydrogen-bond acceptors (Lipinski definition) is 2. The van der Waals surface area contributed by atoms with Gasteiger partial charge in [0.1, 0.15) is 0 Å². The molecule has 0 fully saturated rings. The minimum absolute atomic E-state index is 0.0246. The fourth-order valence-electron chi connectivity index (χ4n) is 2.76. The molecule has 2 unspecified atom stereocenters. The first-order chi connectivity index (χ1) is 10.7. The molecule has 0 saturated heterocycles. The van der Waals surface area contributed by atoms with Gasteiger partial charge >= 0.3 is 0 Å². The van der Waals surface area contributed by atoms with E-state index in [1.54, 1.807) is 11.8 Å². The Labute approximate surface area is 136 Å². The number of thioether (sulfide) groups is 1. The molecule has 0 aromatic heterocycles. The van der Waals surface area contributed by atoms with Crippen LogP contribution in [0.3, 0.4) is 0 Å². The molecule has 0 aliphatic carbocycles. The molecule has 2 aromatic rings. The standard InChI is InChI=1S/C19H21NOS/c1-14(11-12-15-7-3-2-4-8-15)20-19(21)18-13-16-9-5-6-10-17(16)22-18/h2-10,14,18H,11-13H2,1H3,(H,20,21). The molecular weight excluding hydrogens is 290 g/mol. The number of amides is 1. The number of benzene rings is 2. The van der Waals surface area contributed by atoms with Crippen LogP contribution in [0.15, 0.2) is 59.5 Å². The number of carbonyl (C=O) groups excluding carboxylic acids is 1. The first-order valence-corrected chi connectivity index (χ1v) is 8.69. The Bertz CT molecular complexity index is 616. The number of hydrogen-bond donors (Lipinski definition) is 1. The lowest BCUT2D eigenvalue weighted by Crippen LogP contribution is -2.38. The van der Waals surface area contributed by atoms with Crippen molar-refractivity contribution in [3.8, 4) is 0 Å². The summed E-state index contributed by atoms with van der Waals surface area (Å²) in [7, 11) is 0. The second-order valence-electron chi connectivity index (χ2n) is 5.85. The summed E-state index contributed by atoms with van der Waals surface area (Å²) in [6.07, 6.45) is 2.82. The highest BCUT2D eigenvalue weighted by Crippen LogP contribution is 2.36. The van der Waals surface area contributed by atoms with Gasteiger partial charge in [-0.2, -0.15) is 0 Å². The van der Waals surface area contributed by atoms with Crippen LogP contribution in [0.1, 0.15) is 24.5 Å². The SMILES string of the molecule is CC(CCc1ccccc1)NC(=O)C1Cc2ccccc2S1. The molecule has 3 heteroatoms. The second-order valence-corrected chi connectivity index (χ2v) is 7.10. The Morgan fingerprint density at radius 3 is 2.68 bits per heavy atom. The van der Waals surface area contributed by atoms with Crippen LogP contribution in [0.4, 0.5) is 0 Å². The number of nitrogens with one attached hydrogen (secondary N) is 1. The summed E-state index contributed by atoms with van der Waals surface area (Å²) >= 11 is 1.69. The predicted molar refractivity (Wildman–Crippen MR) is 92.2 cm³/mol. The van der Waals surface area contributed by atoms with E-state index < -0.39 is 0 Å². The molecule has 0 radical (unpaired) electrons. The Hall–Kier alpha value is -1.74. The molecule has 2 atom stereocenters. The molecule has 0 saturated carbocycles. The van der Waals surface area contributed by atoms with Gasteiger partial charge in [-0.05, 0) is 43.4 Å². The van der Waals surface area contributed by atoms with Crippen LogP contribution in [-0.2, 0) is 17.6 Å². The first-order valence-electron chi connectivity index (χ1n) is 7.81. The monoisotopic (exact) mass is 311 g/mol. The molecule has 2 nitrogen and oxygen atoms in total. The maximum absolute atomic E-state index is 12.4. The van der Waals surface area contributed by atoms with Crippen molar-refractivity contribution in [3.63, 3.8) is 0 Å². The van der Waals surface area contributed by atoms with E-state index in [1.165, 1.54) is 16.0 Å². The van der Waals surface area contributed by atoms with Crippen molar-refractivity contribution in [1.29, 1.82) is 0 Å². The highest BCUT2D eigenvalue weighted by Gasteiger charge is 2.28. The minimum Gasteiger partial charge on any atom is -0.353 e. The van der Waals surface area contributed by atoms with Crippen molar-refractivity contribution in [2.75, 3.05) is 0 Å². The van der Waals surface area contributed by atoms with Gasteiger partial charge in [-0.1, -0.05) is 48.5 Å². The first kappa shape index (κ1) is 15.2. The van der Waals surface area contributed by atoms with Crippen molar-refractivity contribution in [2.24, 2.45) is 0 Å². The molecule has 114 valence electrons. The molecule has 0 bridgehead atoms. The molecule has 1 heterocycles. The lowest BCUT2D eigenvalue weighted by molar-refractivity contribution is -0.121. The zero-order valence-electron chi connectivity index (χ0n) is 12.8. The van der Waals surface area contributed by atoms with Gasteiger partial charge in [-0.15, -0.1) is 11.8 Å². The lowest BCUT2D eigenvalue weighted by atomic mass is 10.1. The predicted octanol–water partition coefficient (Wildman–Crippen LogP) is 3.84. The molecule has 0 spiro atoms. The van der Waals surface area contributed by atoms with E-state index in [2.05, 4.69) is 48.6 Å². The van der Waals surface area contributed by atoms with Gasteiger partial charge in [0.2, 0.25) is 5.91 Å². The van der Waals surface area contributed by atoms with E-state index in [0.29, 0.717) is 0 Å². The normalized spacial score (nSPS) is 17.8. The molecule has 1 amide bonds. The van der Waals surface area contributed by atoms with Gasteiger partial charge in [-0.25, -0.2) is 0 Å². The summed E-state index contributed by atoms with van der Waals surface area (Å²) in [5.41, 5.74) is 2.62. The van der Waals surface area contributed by atoms with Crippen molar-refractivity contribution < 1.29 is 4.79 Å². The lowest BCUT2D eigenvalue weighted by Gasteiger charge is -2.16. The van der Waals surface area contributed by atoms with Crippen LogP contribution < -0.4 is 5.32 Å². The smallest absolute Gasteiger partial charge is 0.234 e. The number of aryl methyl sites for hydroxylation is 1. The van der Waals surface area contributed by atoms with Crippen molar-refractivity contribution >= 4 is 17.7 Å². The molecule has 22 heavy (non-hydrogen) atoms.